The molecular formula is C35H51F4N5O4Si. The van der Waals surface area contributed by atoms with Gasteiger partial charge in [-0.3, -0.25) is 9.69 Å². The predicted octanol–water partition coefficient (Wildman–Crippen LogP) is 7.85. The third-order valence-corrected chi connectivity index (χ3v) is 10.9. The van der Waals surface area contributed by atoms with Crippen molar-refractivity contribution in [3.63, 3.8) is 0 Å². The summed E-state index contributed by atoms with van der Waals surface area (Å²) in [5.41, 5.74) is -1.54. The molecule has 2 atom stereocenters. The van der Waals surface area contributed by atoms with Crippen LogP contribution in [0.25, 0.3) is 0 Å². The number of anilines is 2. The Hall–Kier alpha value is -3.39. The number of ether oxygens (including phenoxy) is 2. The van der Waals surface area contributed by atoms with Crippen molar-refractivity contribution < 1.29 is 36.6 Å². The van der Waals surface area contributed by atoms with Gasteiger partial charge in [-0.1, -0.05) is 19.6 Å². The minimum absolute atomic E-state index is 0.0988. The predicted molar refractivity (Wildman–Crippen MR) is 186 cm³/mol. The zero-order valence-electron chi connectivity index (χ0n) is 30.1. The normalized spacial score (nSPS) is 19.9. The molecule has 1 N–H and O–H groups in total. The Labute approximate surface area is 288 Å². The molecule has 9 nitrogen and oxygen atoms in total. The Kier molecular flexibility index (Phi) is 11.6. The molecule has 1 aromatic heterocycles. The Morgan fingerprint density at radius 3 is 2.18 bits per heavy atom. The van der Waals surface area contributed by atoms with Crippen LogP contribution in [-0.2, 0) is 10.9 Å². The van der Waals surface area contributed by atoms with E-state index in [0.29, 0.717) is 50.3 Å². The second-order valence-electron chi connectivity index (χ2n) is 15.6. The third kappa shape index (κ3) is 10.1. The lowest BCUT2D eigenvalue weighted by Gasteiger charge is -2.44. The SMILES string of the molecule is C[C@@H]1CN(c2cc(F)c(C3CCN(C(=O)OC(C)(C)C)CC3)cc2NC(=O)c2cnc(OCC[Si](C)(C)C)cc2C(F)(F)F)C[C@H](C)N1C. The van der Waals surface area contributed by atoms with Gasteiger partial charge in [0.1, 0.15) is 11.4 Å². The van der Waals surface area contributed by atoms with Crippen molar-refractivity contribution in [1.29, 1.82) is 0 Å². The van der Waals surface area contributed by atoms with E-state index in [1.807, 2.05) is 25.8 Å². The Morgan fingerprint density at radius 1 is 1.02 bits per heavy atom. The van der Waals surface area contributed by atoms with Gasteiger partial charge in [0.25, 0.3) is 5.91 Å². The van der Waals surface area contributed by atoms with Gasteiger partial charge in [-0.2, -0.15) is 13.2 Å². The lowest BCUT2D eigenvalue weighted by atomic mass is 9.88. The van der Waals surface area contributed by atoms with Crippen molar-refractivity contribution in [2.75, 3.05) is 50.1 Å². The number of amides is 2. The van der Waals surface area contributed by atoms with Gasteiger partial charge in [0.05, 0.1) is 29.1 Å². The number of piperazine rings is 1. The van der Waals surface area contributed by atoms with Crippen LogP contribution in [0.1, 0.15) is 74.9 Å². The van der Waals surface area contributed by atoms with Crippen molar-refractivity contribution in [2.24, 2.45) is 0 Å². The van der Waals surface area contributed by atoms with E-state index in [4.69, 9.17) is 9.47 Å². The van der Waals surface area contributed by atoms with E-state index in [9.17, 15) is 22.8 Å². The fourth-order valence-electron chi connectivity index (χ4n) is 6.14. The van der Waals surface area contributed by atoms with Crippen LogP contribution in [0.4, 0.5) is 33.7 Å². The van der Waals surface area contributed by atoms with Crippen LogP contribution in [-0.4, -0.2) is 92.4 Å². The maximum absolute atomic E-state index is 16.0. The molecule has 0 spiro atoms. The number of benzene rings is 1. The third-order valence-electron chi connectivity index (χ3n) is 9.18. The summed E-state index contributed by atoms with van der Waals surface area (Å²) in [5.74, 6) is -1.97. The van der Waals surface area contributed by atoms with Gasteiger partial charge in [-0.25, -0.2) is 14.2 Å². The average Bonchev–Trinajstić information content (AvgIpc) is 2.98. The molecule has 2 aliphatic heterocycles. The lowest BCUT2D eigenvalue weighted by molar-refractivity contribution is -0.138. The molecule has 14 heteroatoms. The number of pyridine rings is 1. The van der Waals surface area contributed by atoms with Gasteiger partial charge >= 0.3 is 12.3 Å². The molecule has 2 aromatic rings. The van der Waals surface area contributed by atoms with Crippen LogP contribution in [0.15, 0.2) is 24.4 Å². The van der Waals surface area contributed by atoms with Crippen molar-refractivity contribution >= 4 is 31.4 Å². The average molecular weight is 710 g/mol. The van der Waals surface area contributed by atoms with Gasteiger partial charge < -0.3 is 24.6 Å². The second-order valence-corrected chi connectivity index (χ2v) is 21.2. The number of likely N-dealkylation sites (tertiary alicyclic amines) is 1. The van der Waals surface area contributed by atoms with Crippen LogP contribution in [0.5, 0.6) is 5.88 Å². The number of carbonyl (C=O) groups excluding carboxylic acids is 2. The number of aromatic nitrogens is 1. The first-order valence-electron chi connectivity index (χ1n) is 16.9. The van der Waals surface area contributed by atoms with E-state index >= 15 is 4.39 Å². The highest BCUT2D eigenvalue weighted by Gasteiger charge is 2.37. The number of piperidine rings is 1. The molecule has 1 aromatic carbocycles. The monoisotopic (exact) mass is 709 g/mol. The molecular weight excluding hydrogens is 658 g/mol. The highest BCUT2D eigenvalue weighted by molar-refractivity contribution is 6.76. The van der Waals surface area contributed by atoms with Crippen LogP contribution >= 0.6 is 0 Å². The highest BCUT2D eigenvalue weighted by atomic mass is 28.3. The molecule has 0 radical (unpaired) electrons. The molecule has 4 rings (SSSR count). The van der Waals surface area contributed by atoms with Gasteiger partial charge in [0, 0.05) is 58.6 Å². The standard InChI is InChI=1S/C35H51F4N5O4Si/c1-22-20-44(21-23(2)42(22)6)30-18-28(36)25(24-10-12-43(13-11-24)33(46)48-34(3,4)5)16-29(30)41-32(45)26-19-40-31(17-27(26)35(37,38)39)47-14-15-49(7,8)9/h16-19,22-24H,10-15,20-21H2,1-9H3,(H,41,45)/t22-,23+. The molecule has 49 heavy (non-hydrogen) atoms. The molecule has 2 amide bonds. The second kappa shape index (κ2) is 14.8. The van der Waals surface area contributed by atoms with E-state index in [-0.39, 0.29) is 36.2 Å². The quantitative estimate of drug-likeness (QED) is 0.221. The number of rotatable bonds is 8. The summed E-state index contributed by atoms with van der Waals surface area (Å²) in [4.78, 5) is 36.1. The molecule has 0 bridgehead atoms. The smallest absolute Gasteiger partial charge is 0.417 e. The fraction of sp³-hybridized carbons (Fsp3) is 0.629. The van der Waals surface area contributed by atoms with Crippen LogP contribution in [0.3, 0.4) is 0 Å². The highest BCUT2D eigenvalue weighted by Crippen LogP contribution is 2.39. The number of hydrogen-bond donors (Lipinski definition) is 1. The minimum Gasteiger partial charge on any atom is -0.478 e. The van der Waals surface area contributed by atoms with Crippen LogP contribution in [0, 0.1) is 5.82 Å². The summed E-state index contributed by atoms with van der Waals surface area (Å²) in [5, 5.41) is 2.70. The van der Waals surface area contributed by atoms with Crippen molar-refractivity contribution in [3.05, 3.63) is 46.9 Å². The molecule has 272 valence electrons. The molecule has 0 saturated carbocycles. The summed E-state index contributed by atoms with van der Waals surface area (Å²) < 4.78 is 70.0. The van der Waals surface area contributed by atoms with E-state index < -0.39 is 48.8 Å². The summed E-state index contributed by atoms with van der Waals surface area (Å²) in [6, 6.07) is 4.60. The zero-order chi connectivity index (χ0) is 36.5. The number of likely N-dealkylation sites (N-methyl/N-ethyl adjacent to an activating group) is 1. The summed E-state index contributed by atoms with van der Waals surface area (Å²) in [7, 11) is 0.507. The van der Waals surface area contributed by atoms with Crippen LogP contribution in [0.2, 0.25) is 25.7 Å². The van der Waals surface area contributed by atoms with E-state index in [0.717, 1.165) is 18.3 Å². The largest absolute Gasteiger partial charge is 0.478 e. The zero-order valence-corrected chi connectivity index (χ0v) is 31.1. The summed E-state index contributed by atoms with van der Waals surface area (Å²) in [6.07, 6.45) is -3.50. The molecule has 3 heterocycles. The number of hydrogen-bond acceptors (Lipinski definition) is 7. The molecule has 2 fully saturated rings. The minimum atomic E-state index is -4.85. The van der Waals surface area contributed by atoms with Crippen molar-refractivity contribution in [3.8, 4) is 5.88 Å². The summed E-state index contributed by atoms with van der Waals surface area (Å²) in [6.45, 7) is 17.8. The Bertz CT molecular complexity index is 1490. The van der Waals surface area contributed by atoms with E-state index in [1.54, 1.807) is 31.7 Å². The maximum Gasteiger partial charge on any atom is 0.417 e. The number of alkyl halides is 3. The van der Waals surface area contributed by atoms with Gasteiger partial charge in [0.15, 0.2) is 0 Å². The van der Waals surface area contributed by atoms with Crippen LogP contribution < -0.4 is 15.0 Å². The first-order valence-corrected chi connectivity index (χ1v) is 20.6. The number of carbonyl (C=O) groups is 2. The van der Waals surface area contributed by atoms with Gasteiger partial charge in [-0.15, -0.1) is 0 Å². The maximum atomic E-state index is 16.0. The molecule has 2 saturated heterocycles. The number of halogens is 4. The van der Waals surface area contributed by atoms with E-state index in [1.165, 1.54) is 6.07 Å². The summed E-state index contributed by atoms with van der Waals surface area (Å²) >= 11 is 0. The number of nitrogens with zero attached hydrogens (tertiary/aromatic N) is 4. The molecule has 2 aliphatic rings. The number of nitrogens with one attached hydrogen (secondary N) is 1. The lowest BCUT2D eigenvalue weighted by Crippen LogP contribution is -2.55. The first-order chi connectivity index (χ1) is 22.6. The van der Waals surface area contributed by atoms with Gasteiger partial charge in [-0.05, 0) is 84.2 Å². The first kappa shape index (κ1) is 38.4. The Balaban J connectivity index is 1.66. The molecule has 0 aliphatic carbocycles. The Morgan fingerprint density at radius 2 is 1.63 bits per heavy atom. The van der Waals surface area contributed by atoms with E-state index in [2.05, 4.69) is 34.8 Å². The van der Waals surface area contributed by atoms with Crippen molar-refractivity contribution in [1.82, 2.24) is 14.8 Å². The fourth-order valence-corrected chi connectivity index (χ4v) is 6.85. The van der Waals surface area contributed by atoms with Gasteiger partial charge in [0.2, 0.25) is 5.88 Å². The topological polar surface area (TPSA) is 87.2 Å². The molecule has 0 unspecified atom stereocenters. The van der Waals surface area contributed by atoms with Crippen molar-refractivity contribution in [2.45, 2.75) is 103 Å².